The topological polar surface area (TPSA) is 38.8 Å². The van der Waals surface area contributed by atoms with Crippen LogP contribution in [0.5, 0.6) is 5.75 Å². The molecule has 0 saturated carbocycles. The van der Waals surface area contributed by atoms with Crippen LogP contribution in [-0.4, -0.2) is 43.2 Å². The second-order valence-electron chi connectivity index (χ2n) is 5.43. The highest BCUT2D eigenvalue weighted by Crippen LogP contribution is 2.12. The van der Waals surface area contributed by atoms with Gasteiger partial charge < -0.3 is 14.4 Å². The molecule has 1 aromatic rings. The van der Waals surface area contributed by atoms with Gasteiger partial charge in [0, 0.05) is 7.05 Å². The van der Waals surface area contributed by atoms with E-state index in [4.69, 9.17) is 9.47 Å². The fourth-order valence-electron chi connectivity index (χ4n) is 2.01. The van der Waals surface area contributed by atoms with E-state index in [-0.39, 0.29) is 12.0 Å². The highest BCUT2D eigenvalue weighted by molar-refractivity contribution is 5.80. The van der Waals surface area contributed by atoms with Gasteiger partial charge in [-0.2, -0.15) is 0 Å². The van der Waals surface area contributed by atoms with Crippen LogP contribution in [0.25, 0.3) is 0 Å². The lowest BCUT2D eigenvalue weighted by molar-refractivity contribution is -0.144. The number of nitrogens with zero attached hydrogens (tertiary/aromatic N) is 1. The standard InChI is InChI=1S/C17H27NO3/c1-6-15-7-9-16(10-8-15)20-12-11-18(5)17(19)14(4)21-13(2)3/h7-10,13-14H,6,11-12H2,1-5H3. The molecule has 0 bridgehead atoms. The fraction of sp³-hybridized carbons (Fsp3) is 0.588. The molecule has 0 N–H and O–H groups in total. The van der Waals surface area contributed by atoms with E-state index in [0.29, 0.717) is 13.2 Å². The van der Waals surface area contributed by atoms with Crippen LogP contribution >= 0.6 is 0 Å². The monoisotopic (exact) mass is 293 g/mol. The summed E-state index contributed by atoms with van der Waals surface area (Å²) >= 11 is 0. The smallest absolute Gasteiger partial charge is 0.251 e. The van der Waals surface area contributed by atoms with Crippen molar-refractivity contribution in [1.82, 2.24) is 4.90 Å². The van der Waals surface area contributed by atoms with Crippen molar-refractivity contribution in [2.75, 3.05) is 20.2 Å². The van der Waals surface area contributed by atoms with E-state index in [0.717, 1.165) is 12.2 Å². The van der Waals surface area contributed by atoms with Crippen LogP contribution in [0.4, 0.5) is 0 Å². The number of benzene rings is 1. The minimum Gasteiger partial charge on any atom is -0.492 e. The summed E-state index contributed by atoms with van der Waals surface area (Å²) in [6.45, 7) is 8.77. The molecule has 0 heterocycles. The van der Waals surface area contributed by atoms with Gasteiger partial charge in [0.25, 0.3) is 5.91 Å². The van der Waals surface area contributed by atoms with Gasteiger partial charge in [-0.3, -0.25) is 4.79 Å². The van der Waals surface area contributed by atoms with E-state index in [1.54, 1.807) is 18.9 Å². The number of likely N-dealkylation sites (N-methyl/N-ethyl adjacent to an activating group) is 1. The number of hydrogen-bond donors (Lipinski definition) is 0. The Bertz CT molecular complexity index is 428. The Morgan fingerprint density at radius 2 is 1.81 bits per heavy atom. The second-order valence-corrected chi connectivity index (χ2v) is 5.43. The molecular formula is C17H27NO3. The lowest BCUT2D eigenvalue weighted by Crippen LogP contribution is -2.39. The summed E-state index contributed by atoms with van der Waals surface area (Å²) in [5.41, 5.74) is 1.29. The van der Waals surface area contributed by atoms with E-state index in [1.807, 2.05) is 26.0 Å². The molecule has 1 amide bonds. The maximum absolute atomic E-state index is 12.0. The molecule has 1 rings (SSSR count). The number of carbonyl (C=O) groups is 1. The van der Waals surface area contributed by atoms with Crippen LogP contribution in [-0.2, 0) is 16.0 Å². The molecule has 0 aliphatic heterocycles. The third-order valence-corrected chi connectivity index (χ3v) is 3.23. The third-order valence-electron chi connectivity index (χ3n) is 3.23. The number of rotatable bonds is 8. The van der Waals surface area contributed by atoms with Gasteiger partial charge in [-0.15, -0.1) is 0 Å². The molecule has 118 valence electrons. The predicted molar refractivity (Wildman–Crippen MR) is 84.6 cm³/mol. The van der Waals surface area contributed by atoms with Crippen molar-refractivity contribution in [1.29, 1.82) is 0 Å². The molecule has 0 aliphatic rings. The average Bonchev–Trinajstić information content (AvgIpc) is 2.46. The Balaban J connectivity index is 2.35. The minimum absolute atomic E-state index is 0.0198. The van der Waals surface area contributed by atoms with Gasteiger partial charge in [0.2, 0.25) is 0 Å². The van der Waals surface area contributed by atoms with E-state index < -0.39 is 6.10 Å². The molecule has 0 spiro atoms. The molecule has 1 unspecified atom stereocenters. The molecule has 1 atom stereocenters. The first-order valence-electron chi connectivity index (χ1n) is 7.56. The largest absolute Gasteiger partial charge is 0.492 e. The molecule has 4 heteroatoms. The van der Waals surface area contributed by atoms with Crippen LogP contribution in [0, 0.1) is 0 Å². The number of carbonyl (C=O) groups excluding carboxylic acids is 1. The molecule has 1 aromatic carbocycles. The van der Waals surface area contributed by atoms with E-state index in [2.05, 4.69) is 19.1 Å². The number of ether oxygens (including phenoxy) is 2. The van der Waals surface area contributed by atoms with Gasteiger partial charge in [0.05, 0.1) is 12.6 Å². The summed E-state index contributed by atoms with van der Waals surface area (Å²) < 4.78 is 11.1. The van der Waals surface area contributed by atoms with E-state index in [1.165, 1.54) is 5.56 Å². The zero-order valence-electron chi connectivity index (χ0n) is 13.8. The predicted octanol–water partition coefficient (Wildman–Crippen LogP) is 2.90. The Kier molecular flexibility index (Phi) is 7.23. The second kappa shape index (κ2) is 8.67. The maximum Gasteiger partial charge on any atom is 0.251 e. The van der Waals surface area contributed by atoms with Crippen molar-refractivity contribution in [2.45, 2.75) is 46.3 Å². The van der Waals surface area contributed by atoms with Crippen LogP contribution < -0.4 is 4.74 Å². The Morgan fingerprint density at radius 3 is 2.33 bits per heavy atom. The molecule has 0 aliphatic carbocycles. The molecular weight excluding hydrogens is 266 g/mol. The van der Waals surface area contributed by atoms with Gasteiger partial charge in [0.1, 0.15) is 18.5 Å². The van der Waals surface area contributed by atoms with Gasteiger partial charge in [0.15, 0.2) is 0 Å². The normalized spacial score (nSPS) is 12.3. The van der Waals surface area contributed by atoms with Crippen LogP contribution in [0.3, 0.4) is 0 Å². The Hall–Kier alpha value is -1.55. The maximum atomic E-state index is 12.0. The highest BCUT2D eigenvalue weighted by Gasteiger charge is 2.18. The number of hydrogen-bond acceptors (Lipinski definition) is 3. The van der Waals surface area contributed by atoms with Gasteiger partial charge in [-0.05, 0) is 44.9 Å². The summed E-state index contributed by atoms with van der Waals surface area (Å²) in [7, 11) is 1.77. The fourth-order valence-corrected chi connectivity index (χ4v) is 2.01. The molecule has 0 radical (unpaired) electrons. The quantitative estimate of drug-likeness (QED) is 0.740. The van der Waals surface area contributed by atoms with Crippen molar-refractivity contribution in [3.05, 3.63) is 29.8 Å². The zero-order chi connectivity index (χ0) is 15.8. The van der Waals surface area contributed by atoms with Gasteiger partial charge >= 0.3 is 0 Å². The van der Waals surface area contributed by atoms with E-state index in [9.17, 15) is 4.79 Å². The summed E-state index contributed by atoms with van der Waals surface area (Å²) in [6, 6.07) is 8.04. The zero-order valence-corrected chi connectivity index (χ0v) is 13.8. The molecule has 21 heavy (non-hydrogen) atoms. The first-order valence-corrected chi connectivity index (χ1v) is 7.56. The highest BCUT2D eigenvalue weighted by atomic mass is 16.5. The number of amides is 1. The summed E-state index contributed by atoms with van der Waals surface area (Å²) in [5, 5.41) is 0. The first-order chi connectivity index (χ1) is 9.93. The van der Waals surface area contributed by atoms with Crippen molar-refractivity contribution in [3.63, 3.8) is 0 Å². The SMILES string of the molecule is CCc1ccc(OCCN(C)C(=O)C(C)OC(C)C)cc1. The summed E-state index contributed by atoms with van der Waals surface area (Å²) in [6.07, 6.45) is 0.648. The van der Waals surface area contributed by atoms with Crippen molar-refractivity contribution in [2.24, 2.45) is 0 Å². The first kappa shape index (κ1) is 17.5. The third kappa shape index (κ3) is 6.17. The lowest BCUT2D eigenvalue weighted by Gasteiger charge is -2.23. The Morgan fingerprint density at radius 1 is 1.19 bits per heavy atom. The van der Waals surface area contributed by atoms with Crippen molar-refractivity contribution < 1.29 is 14.3 Å². The van der Waals surface area contributed by atoms with Gasteiger partial charge in [-0.1, -0.05) is 19.1 Å². The average molecular weight is 293 g/mol. The van der Waals surface area contributed by atoms with Crippen LogP contribution in [0.1, 0.15) is 33.3 Å². The van der Waals surface area contributed by atoms with Crippen LogP contribution in [0.2, 0.25) is 0 Å². The summed E-state index contributed by atoms with van der Waals surface area (Å²) in [4.78, 5) is 13.7. The molecule has 4 nitrogen and oxygen atoms in total. The Labute approximate surface area is 128 Å². The van der Waals surface area contributed by atoms with Crippen molar-refractivity contribution >= 4 is 5.91 Å². The molecule has 0 aromatic heterocycles. The number of aryl methyl sites for hydroxylation is 1. The van der Waals surface area contributed by atoms with Gasteiger partial charge in [-0.25, -0.2) is 0 Å². The lowest BCUT2D eigenvalue weighted by atomic mass is 10.2. The molecule has 0 fully saturated rings. The van der Waals surface area contributed by atoms with Crippen molar-refractivity contribution in [3.8, 4) is 5.75 Å². The van der Waals surface area contributed by atoms with E-state index >= 15 is 0 Å². The minimum atomic E-state index is -0.418. The molecule has 0 saturated heterocycles. The van der Waals surface area contributed by atoms with Crippen LogP contribution in [0.15, 0.2) is 24.3 Å². The summed E-state index contributed by atoms with van der Waals surface area (Å²) in [5.74, 6) is 0.813.